The number of carbonyl (C=O) groups is 2. The van der Waals surface area contributed by atoms with Crippen LogP contribution in [0, 0.1) is 11.6 Å². The first-order valence-corrected chi connectivity index (χ1v) is 15.8. The summed E-state index contributed by atoms with van der Waals surface area (Å²) in [6, 6.07) is 8.36. The summed E-state index contributed by atoms with van der Waals surface area (Å²) in [4.78, 5) is 42.5. The van der Waals surface area contributed by atoms with Crippen molar-refractivity contribution in [1.29, 1.82) is 0 Å². The van der Waals surface area contributed by atoms with Crippen LogP contribution in [0.5, 0.6) is 0 Å². The van der Waals surface area contributed by atoms with Crippen LogP contribution < -0.4 is 26.1 Å². The van der Waals surface area contributed by atoms with Crippen molar-refractivity contribution >= 4 is 38.8 Å². The molecule has 1 aliphatic heterocycles. The van der Waals surface area contributed by atoms with Crippen LogP contribution >= 0.6 is 0 Å². The lowest BCUT2D eigenvalue weighted by atomic mass is 10.0. The van der Waals surface area contributed by atoms with Crippen LogP contribution in [0.3, 0.4) is 0 Å². The summed E-state index contributed by atoms with van der Waals surface area (Å²) >= 11 is 0. The molecule has 4 rings (SSSR count). The van der Waals surface area contributed by atoms with E-state index in [0.717, 1.165) is 17.8 Å². The first-order valence-electron chi connectivity index (χ1n) is 14.1. The number of aryl methyl sites for hydroxylation is 2. The second kappa shape index (κ2) is 14.4. The molecule has 0 bridgehead atoms. The largest absolute Gasteiger partial charge is 0.480 e. The zero-order chi connectivity index (χ0) is 31.9. The zero-order valence-corrected chi connectivity index (χ0v) is 24.8. The number of benzene rings is 2. The van der Waals surface area contributed by atoms with Gasteiger partial charge in [0.1, 0.15) is 17.4 Å². The molecule has 1 unspecified atom stereocenters. The van der Waals surface area contributed by atoms with Gasteiger partial charge in [-0.25, -0.2) is 17.2 Å². The van der Waals surface area contributed by atoms with Crippen LogP contribution in [0.4, 0.5) is 8.78 Å². The highest BCUT2D eigenvalue weighted by molar-refractivity contribution is 7.89. The van der Waals surface area contributed by atoms with Gasteiger partial charge in [0.25, 0.3) is 5.91 Å². The number of hydrogen-bond donors (Lipinski definition) is 5. The number of aliphatic carboxylic acids is 1. The van der Waals surface area contributed by atoms with E-state index in [9.17, 15) is 27.9 Å². The summed E-state index contributed by atoms with van der Waals surface area (Å²) in [6.45, 7) is 2.07. The molecule has 12 nitrogen and oxygen atoms in total. The molecular formula is C29H34F2N6O6S. The molecule has 1 amide bonds. The highest BCUT2D eigenvalue weighted by Gasteiger charge is 2.27. The highest BCUT2D eigenvalue weighted by atomic mass is 32.2. The lowest BCUT2D eigenvalue weighted by molar-refractivity contribution is -0.138. The Labute approximate surface area is 252 Å². The molecule has 3 aromatic rings. The number of guanidine groups is 1. The molecule has 1 aliphatic rings. The number of carboxylic acids is 1. The summed E-state index contributed by atoms with van der Waals surface area (Å²) in [7, 11) is -3.95. The Balaban J connectivity index is 1.68. The Morgan fingerprint density at radius 3 is 2.61 bits per heavy atom. The van der Waals surface area contributed by atoms with E-state index >= 15 is 8.78 Å². The van der Waals surface area contributed by atoms with Gasteiger partial charge in [-0.05, 0) is 24.5 Å². The van der Waals surface area contributed by atoms with Crippen LogP contribution in [0.2, 0.25) is 0 Å². The third-order valence-corrected chi connectivity index (χ3v) is 8.51. The van der Waals surface area contributed by atoms with Crippen molar-refractivity contribution in [3.63, 3.8) is 0 Å². The number of fused-ring (bicyclic) bond motifs is 1. The van der Waals surface area contributed by atoms with Crippen molar-refractivity contribution < 1.29 is 31.9 Å². The Bertz CT molecular complexity index is 1730. The van der Waals surface area contributed by atoms with Gasteiger partial charge < -0.3 is 25.6 Å². The predicted molar refractivity (Wildman–Crippen MR) is 161 cm³/mol. The van der Waals surface area contributed by atoms with E-state index < -0.39 is 57.1 Å². The molecule has 2 heterocycles. The number of rotatable bonds is 14. The third-order valence-electron chi connectivity index (χ3n) is 7.04. The maximum Gasteiger partial charge on any atom is 0.323 e. The van der Waals surface area contributed by atoms with Crippen molar-refractivity contribution in [2.75, 3.05) is 25.4 Å². The summed E-state index contributed by atoms with van der Waals surface area (Å²) < 4.78 is 59.0. The number of aromatic nitrogens is 1. The van der Waals surface area contributed by atoms with Crippen LogP contribution in [0.25, 0.3) is 10.9 Å². The number of aliphatic imine (C=N–C) groups is 1. The number of hydrogen-bond acceptors (Lipinski definition) is 8. The number of nitrogens with one attached hydrogen (secondary N) is 4. The minimum atomic E-state index is -3.95. The van der Waals surface area contributed by atoms with Crippen molar-refractivity contribution in [3.05, 3.63) is 81.1 Å². The lowest BCUT2D eigenvalue weighted by Gasteiger charge is -2.18. The number of nitrogens with zero attached hydrogens (tertiary/aromatic N) is 2. The molecule has 1 atom stereocenters. The fourth-order valence-electron chi connectivity index (χ4n) is 4.69. The molecule has 0 fully saturated rings. The monoisotopic (exact) mass is 632 g/mol. The first kappa shape index (κ1) is 32.5. The van der Waals surface area contributed by atoms with Gasteiger partial charge in [0.05, 0.1) is 23.2 Å². The zero-order valence-electron chi connectivity index (χ0n) is 24.0. The van der Waals surface area contributed by atoms with Gasteiger partial charge in [-0.3, -0.25) is 19.4 Å². The lowest BCUT2D eigenvalue weighted by Crippen LogP contribution is -2.49. The third kappa shape index (κ3) is 7.96. The van der Waals surface area contributed by atoms with E-state index in [-0.39, 0.29) is 35.3 Å². The van der Waals surface area contributed by atoms with E-state index in [4.69, 9.17) is 0 Å². The van der Waals surface area contributed by atoms with Gasteiger partial charge >= 0.3 is 5.97 Å². The molecule has 236 valence electrons. The fraction of sp³-hybridized carbons (Fsp3) is 0.379. The molecule has 1 aromatic heterocycles. The number of halogens is 2. The van der Waals surface area contributed by atoms with Crippen molar-refractivity contribution in [1.82, 2.24) is 25.2 Å². The van der Waals surface area contributed by atoms with E-state index in [1.54, 1.807) is 6.92 Å². The van der Waals surface area contributed by atoms with Crippen molar-refractivity contribution in [3.8, 4) is 0 Å². The molecule has 15 heteroatoms. The Kier molecular flexibility index (Phi) is 10.7. The van der Waals surface area contributed by atoms with Gasteiger partial charge in [0.15, 0.2) is 11.8 Å². The molecule has 2 aromatic carbocycles. The minimum Gasteiger partial charge on any atom is -0.480 e. The summed E-state index contributed by atoms with van der Waals surface area (Å²) in [6.07, 6.45) is 2.40. The van der Waals surface area contributed by atoms with E-state index in [0.29, 0.717) is 38.3 Å². The number of carbonyl (C=O) groups excluding carboxylic acids is 1. The maximum atomic E-state index is 16.0. The number of carboxylic acid groups (broad SMARTS) is 1. The molecule has 0 spiro atoms. The quantitative estimate of drug-likeness (QED) is 0.178. The smallest absolute Gasteiger partial charge is 0.323 e. The SMILES string of the molecule is CCCCS(=O)(=O)NC(CNC(=O)c1cn(CCc2ccccc2)c2c(F)c(CNC3=NCCN3)c(F)cc2c1=O)C(=O)O. The second-order valence-electron chi connectivity index (χ2n) is 10.2. The number of unbranched alkanes of at least 4 members (excludes halogenated alkanes) is 1. The van der Waals surface area contributed by atoms with Gasteiger partial charge in [-0.1, -0.05) is 43.7 Å². The van der Waals surface area contributed by atoms with E-state index in [2.05, 4.69) is 20.9 Å². The highest BCUT2D eigenvalue weighted by Crippen LogP contribution is 2.24. The number of pyridine rings is 1. The van der Waals surface area contributed by atoms with Crippen LogP contribution in [-0.4, -0.2) is 67.4 Å². The standard InChI is InChI=1S/C29H34F2N6O6S/c1-2-3-13-44(42,43)36-23(28(40)41)16-34-27(39)21-17-37(12-9-18-7-5-4-6-8-18)25-19(26(21)38)14-22(30)20(24(25)31)15-35-29-32-10-11-33-29/h4-8,14,17,23,36H,2-3,9-13,15-16H2,1H3,(H,34,39)(H,40,41)(H2,32,33,35). The normalized spacial score (nSPS) is 13.8. The van der Waals surface area contributed by atoms with Crippen molar-refractivity contribution in [2.45, 2.75) is 45.3 Å². The maximum absolute atomic E-state index is 16.0. The molecule has 0 radical (unpaired) electrons. The summed E-state index contributed by atoms with van der Waals surface area (Å²) in [5, 5.41) is 17.2. The number of amides is 1. The van der Waals surface area contributed by atoms with Crippen molar-refractivity contribution in [2.24, 2.45) is 4.99 Å². The van der Waals surface area contributed by atoms with E-state index in [1.807, 2.05) is 35.1 Å². The predicted octanol–water partition coefficient (Wildman–Crippen LogP) is 1.47. The van der Waals surface area contributed by atoms with Crippen LogP contribution in [0.1, 0.15) is 41.3 Å². The Morgan fingerprint density at radius 1 is 1.20 bits per heavy atom. The molecule has 0 saturated heterocycles. The molecule has 0 aliphatic carbocycles. The van der Waals surface area contributed by atoms with Crippen LogP contribution in [-0.2, 0) is 34.3 Å². The van der Waals surface area contributed by atoms with Gasteiger partial charge in [-0.2, -0.15) is 4.72 Å². The summed E-state index contributed by atoms with van der Waals surface area (Å²) in [5.74, 6) is -4.44. The molecule has 5 N–H and O–H groups in total. The van der Waals surface area contributed by atoms with Gasteiger partial charge in [0, 0.05) is 37.9 Å². The Morgan fingerprint density at radius 2 is 1.95 bits per heavy atom. The second-order valence-corrected chi connectivity index (χ2v) is 12.1. The molecule has 0 saturated carbocycles. The average Bonchev–Trinajstić information content (AvgIpc) is 3.52. The molecular weight excluding hydrogens is 598 g/mol. The summed E-state index contributed by atoms with van der Waals surface area (Å²) in [5.41, 5.74) is -1.09. The fourth-order valence-corrected chi connectivity index (χ4v) is 6.09. The van der Waals surface area contributed by atoms with Gasteiger partial charge in [-0.15, -0.1) is 0 Å². The molecule has 44 heavy (non-hydrogen) atoms. The first-order chi connectivity index (χ1) is 21.0. The average molecular weight is 633 g/mol. The Hall–Kier alpha value is -4.37. The van der Waals surface area contributed by atoms with Crippen LogP contribution in [0.15, 0.2) is 52.4 Å². The minimum absolute atomic E-state index is 0.111. The number of sulfonamides is 1. The van der Waals surface area contributed by atoms with Gasteiger partial charge in [0.2, 0.25) is 15.5 Å². The van der Waals surface area contributed by atoms with E-state index in [1.165, 1.54) is 4.57 Å². The topological polar surface area (TPSA) is 171 Å².